The molecule has 92 valence electrons. The van der Waals surface area contributed by atoms with Crippen LogP contribution in [0.5, 0.6) is 5.75 Å². The van der Waals surface area contributed by atoms with Gasteiger partial charge in [0, 0.05) is 0 Å². The second-order valence-electron chi connectivity index (χ2n) is 3.60. The zero-order chi connectivity index (χ0) is 13.0. The van der Waals surface area contributed by atoms with Crippen molar-refractivity contribution in [1.82, 2.24) is 5.43 Å². The van der Waals surface area contributed by atoms with Gasteiger partial charge in [-0.15, -0.1) is 0 Å². The van der Waals surface area contributed by atoms with Gasteiger partial charge in [-0.3, -0.25) is 10.4 Å². The minimum atomic E-state index is -0.296. The number of hydrazone groups is 1. The highest BCUT2D eigenvalue weighted by atomic mass is 32.2. The number of nitrogens with one attached hydrogen (secondary N) is 1. The molecule has 1 atom stereocenters. The third-order valence-corrected chi connectivity index (χ3v) is 3.28. The fourth-order valence-electron chi connectivity index (χ4n) is 1.39. The van der Waals surface area contributed by atoms with E-state index in [1.807, 2.05) is 12.0 Å². The molecule has 0 saturated carbocycles. The Hall–Kier alpha value is -2.04. The van der Waals surface area contributed by atoms with Gasteiger partial charge in [0.1, 0.15) is 16.6 Å². The summed E-state index contributed by atoms with van der Waals surface area (Å²) >= 11 is 1.27. The zero-order valence-electron chi connectivity index (χ0n) is 9.62. The van der Waals surface area contributed by atoms with Crippen LogP contribution in [0.25, 0.3) is 0 Å². The van der Waals surface area contributed by atoms with Gasteiger partial charge in [0.05, 0.1) is 11.9 Å². The first kappa shape index (κ1) is 12.4. The molecule has 1 aromatic rings. The van der Waals surface area contributed by atoms with E-state index in [-0.39, 0.29) is 11.2 Å². The van der Waals surface area contributed by atoms with Crippen molar-refractivity contribution < 1.29 is 9.90 Å². The largest absolute Gasteiger partial charge is 0.508 e. The summed E-state index contributed by atoms with van der Waals surface area (Å²) in [5, 5.41) is 13.3. The van der Waals surface area contributed by atoms with Gasteiger partial charge in [0.2, 0.25) is 0 Å². The highest BCUT2D eigenvalue weighted by molar-refractivity contribution is 8.05. The number of rotatable bonds is 3. The number of aliphatic imine (C=N–C) groups is 1. The lowest BCUT2D eigenvalue weighted by Crippen LogP contribution is -2.15. The summed E-state index contributed by atoms with van der Waals surface area (Å²) in [6, 6.07) is 6.74. The predicted octanol–water partition coefficient (Wildman–Crippen LogP) is 1.52. The number of nitrogens with zero attached hydrogens (tertiary/aromatic N) is 2. The molecule has 1 aromatic carbocycles. The molecule has 1 unspecified atom stereocenters. The Labute approximate surface area is 108 Å². The molecular weight excluding hydrogens is 250 g/mol. The number of phenols is 1. The van der Waals surface area contributed by atoms with Crippen LogP contribution in [-0.2, 0) is 4.79 Å². The van der Waals surface area contributed by atoms with Gasteiger partial charge in [-0.1, -0.05) is 23.9 Å². The van der Waals surface area contributed by atoms with Crippen molar-refractivity contribution in [3.8, 4) is 5.75 Å². The summed E-state index contributed by atoms with van der Waals surface area (Å²) < 4.78 is 0. The Bertz CT molecular complexity index is 562. The van der Waals surface area contributed by atoms with Crippen LogP contribution in [-0.4, -0.2) is 28.5 Å². The summed E-state index contributed by atoms with van der Waals surface area (Å²) in [5.41, 5.74) is 3.95. The van der Waals surface area contributed by atoms with Gasteiger partial charge < -0.3 is 5.11 Å². The number of allylic oxidation sites excluding steroid dienone is 1. The quantitative estimate of drug-likeness (QED) is 0.491. The number of hydrogen-bond donors (Lipinski definition) is 2. The van der Waals surface area contributed by atoms with Crippen molar-refractivity contribution in [2.75, 3.05) is 0 Å². The van der Waals surface area contributed by atoms with E-state index in [0.29, 0.717) is 10.6 Å². The fraction of sp³-hybridized carbons (Fsp3) is 0.167. The first-order chi connectivity index (χ1) is 8.69. The van der Waals surface area contributed by atoms with E-state index in [1.165, 1.54) is 11.8 Å². The maximum atomic E-state index is 10.5. The van der Waals surface area contributed by atoms with Crippen LogP contribution < -0.4 is 5.43 Å². The molecule has 5 nitrogen and oxygen atoms in total. The molecule has 0 spiro atoms. The van der Waals surface area contributed by atoms with Crippen molar-refractivity contribution in [1.29, 1.82) is 0 Å². The molecule has 1 heterocycles. The zero-order valence-corrected chi connectivity index (χ0v) is 10.4. The van der Waals surface area contributed by atoms with Crippen LogP contribution >= 0.6 is 11.8 Å². The van der Waals surface area contributed by atoms with E-state index in [9.17, 15) is 9.90 Å². The van der Waals surface area contributed by atoms with Crippen molar-refractivity contribution in [2.45, 2.75) is 12.4 Å². The normalized spacial score (nSPS) is 18.8. The lowest BCUT2D eigenvalue weighted by atomic mass is 10.2. The molecule has 0 amide bonds. The Morgan fingerprint density at radius 3 is 3.11 bits per heavy atom. The number of aromatic hydroxyl groups is 1. The standard InChI is InChI=1S/C12H11N3O2S/c1-8-11(7-16)18-12(14-8)15-13-6-9-3-2-4-10(17)5-9/h2-6,12,15,17H,1H3. The molecule has 0 radical (unpaired) electrons. The van der Waals surface area contributed by atoms with E-state index >= 15 is 0 Å². The van der Waals surface area contributed by atoms with Crippen LogP contribution in [0.3, 0.4) is 0 Å². The molecule has 1 aliphatic rings. The smallest absolute Gasteiger partial charge is 0.186 e. The third kappa shape index (κ3) is 3.00. The molecule has 0 fully saturated rings. The highest BCUT2D eigenvalue weighted by Crippen LogP contribution is 2.27. The Kier molecular flexibility index (Phi) is 3.82. The molecule has 2 rings (SSSR count). The van der Waals surface area contributed by atoms with Crippen molar-refractivity contribution >= 4 is 29.6 Å². The number of phenolic OH excluding ortho intramolecular Hbond substituents is 1. The third-order valence-electron chi connectivity index (χ3n) is 2.23. The maximum Gasteiger partial charge on any atom is 0.186 e. The molecular formula is C12H11N3O2S. The molecule has 1 aliphatic heterocycles. The van der Waals surface area contributed by atoms with Crippen LogP contribution in [0, 0.1) is 0 Å². The van der Waals surface area contributed by atoms with Crippen LogP contribution in [0.2, 0.25) is 0 Å². The Morgan fingerprint density at radius 2 is 2.44 bits per heavy atom. The maximum absolute atomic E-state index is 10.5. The van der Waals surface area contributed by atoms with Crippen molar-refractivity contribution in [3.63, 3.8) is 0 Å². The van der Waals surface area contributed by atoms with Gasteiger partial charge in [-0.05, 0) is 24.6 Å². The van der Waals surface area contributed by atoms with Crippen molar-refractivity contribution in [2.24, 2.45) is 10.1 Å². The summed E-state index contributed by atoms with van der Waals surface area (Å²) in [5.74, 6) is 2.02. The lowest BCUT2D eigenvalue weighted by molar-refractivity contribution is 0.475. The molecule has 0 bridgehead atoms. The van der Waals surface area contributed by atoms with Crippen molar-refractivity contribution in [3.05, 3.63) is 34.7 Å². The molecule has 6 heteroatoms. The molecule has 18 heavy (non-hydrogen) atoms. The molecule has 0 saturated heterocycles. The molecule has 0 aliphatic carbocycles. The molecule has 2 N–H and O–H groups in total. The average molecular weight is 261 g/mol. The van der Waals surface area contributed by atoms with Gasteiger partial charge in [-0.25, -0.2) is 4.79 Å². The number of carbonyl (C=O) groups excluding carboxylic acids is 1. The monoisotopic (exact) mass is 261 g/mol. The first-order valence-corrected chi connectivity index (χ1v) is 6.11. The van der Waals surface area contributed by atoms with E-state index in [0.717, 1.165) is 5.56 Å². The number of thioether (sulfide) groups is 1. The van der Waals surface area contributed by atoms with Crippen LogP contribution in [0.1, 0.15) is 12.5 Å². The average Bonchev–Trinajstić information content (AvgIpc) is 2.70. The van der Waals surface area contributed by atoms with Gasteiger partial charge in [-0.2, -0.15) is 5.10 Å². The van der Waals surface area contributed by atoms with E-state index < -0.39 is 0 Å². The van der Waals surface area contributed by atoms with Gasteiger partial charge in [0.15, 0.2) is 5.50 Å². The van der Waals surface area contributed by atoms with Crippen LogP contribution in [0.4, 0.5) is 0 Å². The van der Waals surface area contributed by atoms with E-state index in [1.54, 1.807) is 31.3 Å². The fourth-order valence-corrected chi connectivity index (χ4v) is 2.21. The summed E-state index contributed by atoms with van der Waals surface area (Å²) in [7, 11) is 0. The number of benzene rings is 1. The minimum Gasteiger partial charge on any atom is -0.508 e. The summed E-state index contributed by atoms with van der Waals surface area (Å²) in [6.45, 7) is 1.76. The lowest BCUT2D eigenvalue weighted by Gasteiger charge is -2.03. The topological polar surface area (TPSA) is 74.1 Å². The van der Waals surface area contributed by atoms with E-state index in [4.69, 9.17) is 0 Å². The Balaban J connectivity index is 1.95. The second-order valence-corrected chi connectivity index (χ2v) is 4.69. The SMILES string of the molecule is CC1=NC(NN=Cc2cccc(O)c2)SC1=C=O. The summed E-state index contributed by atoms with van der Waals surface area (Å²) in [4.78, 5) is 15.2. The first-order valence-electron chi connectivity index (χ1n) is 5.23. The second kappa shape index (κ2) is 5.53. The Morgan fingerprint density at radius 1 is 1.61 bits per heavy atom. The minimum absolute atomic E-state index is 0.189. The molecule has 0 aromatic heterocycles. The highest BCUT2D eigenvalue weighted by Gasteiger charge is 2.20. The van der Waals surface area contributed by atoms with Gasteiger partial charge in [0.25, 0.3) is 0 Å². The van der Waals surface area contributed by atoms with Crippen LogP contribution in [0.15, 0.2) is 39.3 Å². The summed E-state index contributed by atoms with van der Waals surface area (Å²) in [6.07, 6.45) is 1.58. The predicted molar refractivity (Wildman–Crippen MR) is 72.5 cm³/mol. The number of hydrogen-bond acceptors (Lipinski definition) is 6. The van der Waals surface area contributed by atoms with E-state index in [2.05, 4.69) is 15.5 Å². The van der Waals surface area contributed by atoms with Gasteiger partial charge >= 0.3 is 0 Å².